The molecule has 1 saturated heterocycles. The van der Waals surface area contributed by atoms with Crippen LogP contribution in [-0.4, -0.2) is 61.5 Å². The van der Waals surface area contributed by atoms with Crippen LogP contribution in [-0.2, 0) is 4.74 Å². The van der Waals surface area contributed by atoms with Gasteiger partial charge in [0, 0.05) is 25.7 Å². The highest BCUT2D eigenvalue weighted by Crippen LogP contribution is 2.25. The lowest BCUT2D eigenvalue weighted by atomic mass is 9.93. The Balaban J connectivity index is 1.85. The monoisotopic (exact) mass is 284 g/mol. The van der Waals surface area contributed by atoms with E-state index >= 15 is 0 Å². The lowest BCUT2D eigenvalue weighted by Gasteiger charge is -2.36. The Hall–Kier alpha value is -0.160. The van der Waals surface area contributed by atoms with E-state index < -0.39 is 0 Å². The number of nitrogens with one attached hydrogen (secondary N) is 1. The molecule has 1 aliphatic carbocycles. The molecule has 118 valence electrons. The van der Waals surface area contributed by atoms with Crippen molar-refractivity contribution >= 4 is 0 Å². The van der Waals surface area contributed by atoms with Crippen molar-refractivity contribution in [2.45, 2.75) is 57.6 Å². The van der Waals surface area contributed by atoms with E-state index in [1.165, 1.54) is 45.1 Å². The minimum atomic E-state index is 0.0246. The summed E-state index contributed by atoms with van der Waals surface area (Å²) in [5.41, 5.74) is 0. The number of morpholine rings is 1. The predicted octanol–water partition coefficient (Wildman–Crippen LogP) is 1.63. The van der Waals surface area contributed by atoms with Crippen LogP contribution in [0.5, 0.6) is 0 Å². The predicted molar refractivity (Wildman–Crippen MR) is 81.9 cm³/mol. The zero-order chi connectivity index (χ0) is 14.2. The SMILES string of the molecule is CCCNC1CCCCCC1CN1CCOC(CO)C1. The van der Waals surface area contributed by atoms with Crippen molar-refractivity contribution in [1.29, 1.82) is 0 Å². The van der Waals surface area contributed by atoms with Crippen LogP contribution >= 0.6 is 0 Å². The quantitative estimate of drug-likeness (QED) is 0.728. The molecule has 4 heteroatoms. The van der Waals surface area contributed by atoms with Crippen LogP contribution < -0.4 is 5.32 Å². The molecule has 1 heterocycles. The van der Waals surface area contributed by atoms with Gasteiger partial charge in [-0.25, -0.2) is 0 Å². The maximum atomic E-state index is 9.26. The van der Waals surface area contributed by atoms with Crippen LogP contribution in [0.2, 0.25) is 0 Å². The second-order valence-electron chi connectivity index (χ2n) is 6.39. The summed E-state index contributed by atoms with van der Waals surface area (Å²) in [6.45, 7) is 7.39. The van der Waals surface area contributed by atoms with Gasteiger partial charge in [-0.3, -0.25) is 4.90 Å². The fourth-order valence-corrected chi connectivity index (χ4v) is 3.59. The van der Waals surface area contributed by atoms with E-state index in [0.717, 1.165) is 32.2 Å². The highest BCUT2D eigenvalue weighted by Gasteiger charge is 2.27. The molecule has 2 aliphatic rings. The first kappa shape index (κ1) is 16.2. The third-order valence-corrected chi connectivity index (χ3v) is 4.73. The van der Waals surface area contributed by atoms with E-state index in [0.29, 0.717) is 6.04 Å². The van der Waals surface area contributed by atoms with Crippen LogP contribution in [0, 0.1) is 5.92 Å². The first-order valence-corrected chi connectivity index (χ1v) is 8.51. The van der Waals surface area contributed by atoms with Gasteiger partial charge in [0.2, 0.25) is 0 Å². The summed E-state index contributed by atoms with van der Waals surface area (Å²) in [6.07, 6.45) is 8.07. The van der Waals surface area contributed by atoms with Crippen molar-refractivity contribution in [2.75, 3.05) is 39.4 Å². The molecule has 1 saturated carbocycles. The smallest absolute Gasteiger partial charge is 0.0932 e. The summed E-state index contributed by atoms with van der Waals surface area (Å²) in [7, 11) is 0. The number of hydrogen-bond acceptors (Lipinski definition) is 4. The van der Waals surface area contributed by atoms with E-state index in [2.05, 4.69) is 17.1 Å². The van der Waals surface area contributed by atoms with Crippen LogP contribution in [0.4, 0.5) is 0 Å². The zero-order valence-corrected chi connectivity index (χ0v) is 13.0. The number of hydrogen-bond donors (Lipinski definition) is 2. The summed E-state index contributed by atoms with van der Waals surface area (Å²) in [4.78, 5) is 2.50. The molecule has 1 aliphatic heterocycles. The van der Waals surface area contributed by atoms with Crippen molar-refractivity contribution in [3.8, 4) is 0 Å². The summed E-state index contributed by atoms with van der Waals surface area (Å²) in [6, 6.07) is 0.688. The Bertz CT molecular complexity index is 263. The molecule has 0 bridgehead atoms. The lowest BCUT2D eigenvalue weighted by Crippen LogP contribution is -2.49. The van der Waals surface area contributed by atoms with E-state index in [4.69, 9.17) is 4.74 Å². The van der Waals surface area contributed by atoms with Gasteiger partial charge in [-0.2, -0.15) is 0 Å². The van der Waals surface area contributed by atoms with Gasteiger partial charge in [-0.05, 0) is 31.7 Å². The van der Waals surface area contributed by atoms with Gasteiger partial charge in [-0.1, -0.05) is 26.2 Å². The van der Waals surface area contributed by atoms with Gasteiger partial charge in [0.1, 0.15) is 0 Å². The molecule has 0 amide bonds. The number of aliphatic hydroxyl groups excluding tert-OH is 1. The van der Waals surface area contributed by atoms with Crippen molar-refractivity contribution in [2.24, 2.45) is 5.92 Å². The Morgan fingerprint density at radius 3 is 2.90 bits per heavy atom. The molecule has 0 aromatic rings. The maximum absolute atomic E-state index is 9.26. The van der Waals surface area contributed by atoms with Gasteiger partial charge in [0.15, 0.2) is 0 Å². The topological polar surface area (TPSA) is 44.7 Å². The molecule has 3 unspecified atom stereocenters. The molecule has 20 heavy (non-hydrogen) atoms. The average Bonchev–Trinajstić information content (AvgIpc) is 2.70. The lowest BCUT2D eigenvalue weighted by molar-refractivity contribution is -0.0575. The second kappa shape index (κ2) is 8.98. The van der Waals surface area contributed by atoms with Crippen molar-refractivity contribution in [1.82, 2.24) is 10.2 Å². The Labute approximate surface area is 123 Å². The fraction of sp³-hybridized carbons (Fsp3) is 1.00. The van der Waals surface area contributed by atoms with Gasteiger partial charge in [-0.15, -0.1) is 0 Å². The number of nitrogens with zero attached hydrogens (tertiary/aromatic N) is 1. The van der Waals surface area contributed by atoms with Crippen LogP contribution in [0.3, 0.4) is 0 Å². The van der Waals surface area contributed by atoms with Crippen molar-refractivity contribution in [3.63, 3.8) is 0 Å². The first-order chi connectivity index (χ1) is 9.83. The molecule has 0 radical (unpaired) electrons. The summed E-state index contributed by atoms with van der Waals surface area (Å²) < 4.78 is 5.56. The normalized spacial score (nSPS) is 33.0. The van der Waals surface area contributed by atoms with Crippen LogP contribution in [0.25, 0.3) is 0 Å². The molecule has 4 nitrogen and oxygen atoms in total. The van der Waals surface area contributed by atoms with E-state index in [-0.39, 0.29) is 12.7 Å². The molecule has 2 N–H and O–H groups in total. The van der Waals surface area contributed by atoms with Gasteiger partial charge in [0.25, 0.3) is 0 Å². The molecule has 2 rings (SSSR count). The molecular formula is C16H32N2O2. The van der Waals surface area contributed by atoms with Gasteiger partial charge in [0.05, 0.1) is 19.3 Å². The zero-order valence-electron chi connectivity index (χ0n) is 13.0. The molecular weight excluding hydrogens is 252 g/mol. The molecule has 0 aromatic heterocycles. The number of rotatable bonds is 6. The molecule has 2 fully saturated rings. The number of ether oxygens (including phenoxy) is 1. The third-order valence-electron chi connectivity index (χ3n) is 4.73. The van der Waals surface area contributed by atoms with E-state index in [1.54, 1.807) is 0 Å². The maximum Gasteiger partial charge on any atom is 0.0932 e. The van der Waals surface area contributed by atoms with Gasteiger partial charge < -0.3 is 15.2 Å². The van der Waals surface area contributed by atoms with Crippen LogP contribution in [0.15, 0.2) is 0 Å². The Morgan fingerprint density at radius 2 is 2.10 bits per heavy atom. The number of aliphatic hydroxyl groups is 1. The highest BCUT2D eigenvalue weighted by molar-refractivity contribution is 4.83. The fourth-order valence-electron chi connectivity index (χ4n) is 3.59. The molecule has 0 spiro atoms. The standard InChI is InChI=1S/C16H32N2O2/c1-2-8-17-16-7-5-3-4-6-14(16)11-18-9-10-20-15(12-18)13-19/h14-17,19H,2-13H2,1H3. The summed E-state index contributed by atoms with van der Waals surface area (Å²) in [5, 5.41) is 13.0. The molecule has 3 atom stereocenters. The summed E-state index contributed by atoms with van der Waals surface area (Å²) in [5.74, 6) is 0.765. The minimum Gasteiger partial charge on any atom is -0.394 e. The van der Waals surface area contributed by atoms with Crippen molar-refractivity contribution in [3.05, 3.63) is 0 Å². The third kappa shape index (κ3) is 4.99. The van der Waals surface area contributed by atoms with Crippen LogP contribution in [0.1, 0.15) is 45.4 Å². The minimum absolute atomic E-state index is 0.0246. The Morgan fingerprint density at radius 1 is 1.25 bits per heavy atom. The van der Waals surface area contributed by atoms with E-state index in [1.807, 2.05) is 0 Å². The highest BCUT2D eigenvalue weighted by atomic mass is 16.5. The molecule has 0 aromatic carbocycles. The van der Waals surface area contributed by atoms with Gasteiger partial charge >= 0.3 is 0 Å². The van der Waals surface area contributed by atoms with Crippen molar-refractivity contribution < 1.29 is 9.84 Å². The second-order valence-corrected chi connectivity index (χ2v) is 6.39. The summed E-state index contributed by atoms with van der Waals surface area (Å²) >= 11 is 0. The Kier molecular flexibility index (Phi) is 7.28. The largest absolute Gasteiger partial charge is 0.394 e. The first-order valence-electron chi connectivity index (χ1n) is 8.51. The average molecular weight is 284 g/mol. The van der Waals surface area contributed by atoms with E-state index in [9.17, 15) is 5.11 Å².